The lowest BCUT2D eigenvalue weighted by Gasteiger charge is -2.14. The number of ether oxygens (including phenoxy) is 2. The van der Waals surface area contributed by atoms with Gasteiger partial charge in [0, 0.05) is 35.0 Å². The van der Waals surface area contributed by atoms with Gasteiger partial charge in [-0.15, -0.1) is 0 Å². The second-order valence-electron chi connectivity index (χ2n) is 6.25. The number of rotatable bonds is 9. The number of halogens is 1. The first-order chi connectivity index (χ1) is 14.1. The molecule has 0 aliphatic heterocycles. The molecule has 3 aromatic rings. The Hall–Kier alpha value is -3.25. The lowest BCUT2D eigenvalue weighted by molar-refractivity contribution is -0.384. The van der Waals surface area contributed by atoms with E-state index in [1.807, 2.05) is 49.4 Å². The van der Waals surface area contributed by atoms with Crippen molar-refractivity contribution in [2.75, 3.05) is 11.9 Å². The lowest BCUT2D eigenvalue weighted by atomic mass is 10.2. The minimum atomic E-state index is -0.417. The predicted octanol–water partition coefficient (Wildman–Crippen LogP) is 5.84. The Kier molecular flexibility index (Phi) is 6.92. The molecule has 0 aliphatic carbocycles. The fourth-order valence-electron chi connectivity index (χ4n) is 2.73. The first-order valence-electron chi connectivity index (χ1n) is 9.17. The molecule has 29 heavy (non-hydrogen) atoms. The summed E-state index contributed by atoms with van der Waals surface area (Å²) in [6, 6.07) is 19.6. The van der Waals surface area contributed by atoms with Gasteiger partial charge >= 0.3 is 0 Å². The number of hydrogen-bond acceptors (Lipinski definition) is 5. The average Bonchev–Trinajstić information content (AvgIpc) is 2.73. The van der Waals surface area contributed by atoms with Gasteiger partial charge in [-0.25, -0.2) is 0 Å². The molecule has 1 N–H and O–H groups in total. The van der Waals surface area contributed by atoms with Gasteiger partial charge in [-0.1, -0.05) is 35.9 Å². The van der Waals surface area contributed by atoms with E-state index in [0.717, 1.165) is 16.8 Å². The predicted molar refractivity (Wildman–Crippen MR) is 114 cm³/mol. The van der Waals surface area contributed by atoms with E-state index in [2.05, 4.69) is 5.32 Å². The van der Waals surface area contributed by atoms with Crippen molar-refractivity contribution in [1.82, 2.24) is 0 Å². The smallest absolute Gasteiger partial charge is 0.269 e. The Labute approximate surface area is 174 Å². The number of nitro groups is 1. The van der Waals surface area contributed by atoms with E-state index < -0.39 is 4.92 Å². The molecule has 3 aromatic carbocycles. The van der Waals surface area contributed by atoms with Crippen molar-refractivity contribution in [3.63, 3.8) is 0 Å². The first kappa shape index (κ1) is 20.5. The van der Waals surface area contributed by atoms with Crippen LogP contribution in [0.4, 0.5) is 11.4 Å². The summed E-state index contributed by atoms with van der Waals surface area (Å²) in [5, 5.41) is 14.6. The van der Waals surface area contributed by atoms with Gasteiger partial charge in [-0.3, -0.25) is 10.1 Å². The zero-order valence-corrected chi connectivity index (χ0v) is 16.7. The fourth-order valence-corrected chi connectivity index (χ4v) is 2.92. The highest BCUT2D eigenvalue weighted by atomic mass is 35.5. The summed E-state index contributed by atoms with van der Waals surface area (Å²) < 4.78 is 11.6. The summed E-state index contributed by atoms with van der Waals surface area (Å²) in [6.07, 6.45) is 0. The highest BCUT2D eigenvalue weighted by Crippen LogP contribution is 2.30. The van der Waals surface area contributed by atoms with Crippen LogP contribution in [0.25, 0.3) is 0 Å². The third-order valence-corrected chi connectivity index (χ3v) is 4.59. The number of nitrogens with one attached hydrogen (secondary N) is 1. The second kappa shape index (κ2) is 9.80. The Bertz CT molecular complexity index is 977. The van der Waals surface area contributed by atoms with Crippen LogP contribution in [-0.2, 0) is 13.2 Å². The molecule has 0 aliphatic rings. The lowest BCUT2D eigenvalue weighted by Crippen LogP contribution is -2.03. The van der Waals surface area contributed by atoms with Crippen LogP contribution in [0, 0.1) is 10.1 Å². The van der Waals surface area contributed by atoms with Crippen LogP contribution >= 0.6 is 11.6 Å². The Morgan fingerprint density at radius 2 is 1.76 bits per heavy atom. The number of anilines is 1. The van der Waals surface area contributed by atoms with E-state index in [9.17, 15) is 10.1 Å². The van der Waals surface area contributed by atoms with Crippen molar-refractivity contribution in [2.24, 2.45) is 0 Å². The molecule has 0 atom stereocenters. The van der Waals surface area contributed by atoms with Crippen LogP contribution < -0.4 is 14.8 Å². The molecule has 0 saturated heterocycles. The molecule has 7 heteroatoms. The van der Waals surface area contributed by atoms with E-state index >= 15 is 0 Å². The third-order valence-electron chi connectivity index (χ3n) is 4.22. The monoisotopic (exact) mass is 412 g/mol. The molecule has 0 radical (unpaired) electrons. The van der Waals surface area contributed by atoms with Gasteiger partial charge in [0.1, 0.15) is 6.61 Å². The maximum Gasteiger partial charge on any atom is 0.269 e. The summed E-state index contributed by atoms with van der Waals surface area (Å²) in [4.78, 5) is 10.3. The summed E-state index contributed by atoms with van der Waals surface area (Å²) in [5.74, 6) is 1.30. The zero-order valence-electron chi connectivity index (χ0n) is 15.9. The molecule has 0 amide bonds. The summed E-state index contributed by atoms with van der Waals surface area (Å²) in [6.45, 7) is 3.32. The molecule has 0 heterocycles. The van der Waals surface area contributed by atoms with Gasteiger partial charge in [0.15, 0.2) is 11.5 Å². The van der Waals surface area contributed by atoms with Crippen LogP contribution in [0.1, 0.15) is 18.1 Å². The third kappa shape index (κ3) is 5.62. The molecule has 0 saturated carbocycles. The average molecular weight is 413 g/mol. The summed E-state index contributed by atoms with van der Waals surface area (Å²) >= 11 is 6.19. The SMILES string of the molecule is CCOc1cc(CNc2ccc([N+](=O)[O-])cc2)ccc1OCc1ccccc1Cl. The number of non-ortho nitro benzene ring substituents is 1. The molecule has 0 aromatic heterocycles. The molecule has 0 unspecified atom stereocenters. The number of nitrogens with zero attached hydrogens (tertiary/aromatic N) is 1. The Balaban J connectivity index is 1.66. The van der Waals surface area contributed by atoms with Crippen LogP contribution in [0.3, 0.4) is 0 Å². The topological polar surface area (TPSA) is 73.6 Å². The van der Waals surface area contributed by atoms with E-state index in [4.69, 9.17) is 21.1 Å². The Morgan fingerprint density at radius 3 is 2.45 bits per heavy atom. The van der Waals surface area contributed by atoms with Gasteiger partial charge in [-0.2, -0.15) is 0 Å². The van der Waals surface area contributed by atoms with E-state index in [1.54, 1.807) is 12.1 Å². The minimum absolute atomic E-state index is 0.0641. The van der Waals surface area contributed by atoms with Crippen molar-refractivity contribution in [1.29, 1.82) is 0 Å². The Morgan fingerprint density at radius 1 is 1.00 bits per heavy atom. The van der Waals surface area contributed by atoms with Crippen LogP contribution in [0.5, 0.6) is 11.5 Å². The molecule has 0 spiro atoms. The maximum atomic E-state index is 10.7. The van der Waals surface area contributed by atoms with Gasteiger partial charge in [0.25, 0.3) is 5.69 Å². The quantitative estimate of drug-likeness (QED) is 0.353. The van der Waals surface area contributed by atoms with Gasteiger partial charge < -0.3 is 14.8 Å². The van der Waals surface area contributed by atoms with E-state index in [0.29, 0.717) is 36.3 Å². The molecule has 0 fully saturated rings. The second-order valence-corrected chi connectivity index (χ2v) is 6.66. The highest BCUT2D eigenvalue weighted by Gasteiger charge is 2.09. The fraction of sp³-hybridized carbons (Fsp3) is 0.182. The molecule has 3 rings (SSSR count). The number of benzene rings is 3. The molecular weight excluding hydrogens is 392 g/mol. The van der Waals surface area contributed by atoms with Crippen molar-refractivity contribution in [3.8, 4) is 11.5 Å². The molecule has 0 bridgehead atoms. The highest BCUT2D eigenvalue weighted by molar-refractivity contribution is 6.31. The minimum Gasteiger partial charge on any atom is -0.490 e. The zero-order chi connectivity index (χ0) is 20.6. The van der Waals surface area contributed by atoms with Crippen molar-refractivity contribution < 1.29 is 14.4 Å². The number of hydrogen-bond donors (Lipinski definition) is 1. The van der Waals surface area contributed by atoms with Crippen molar-refractivity contribution in [2.45, 2.75) is 20.1 Å². The van der Waals surface area contributed by atoms with E-state index in [-0.39, 0.29) is 5.69 Å². The van der Waals surface area contributed by atoms with Gasteiger partial charge in [0.05, 0.1) is 11.5 Å². The number of nitro benzene ring substituents is 1. The van der Waals surface area contributed by atoms with Crippen molar-refractivity contribution in [3.05, 3.63) is 93.0 Å². The van der Waals surface area contributed by atoms with Crippen LogP contribution in [0.15, 0.2) is 66.7 Å². The first-order valence-corrected chi connectivity index (χ1v) is 9.55. The van der Waals surface area contributed by atoms with Gasteiger partial charge in [-0.05, 0) is 42.8 Å². The summed E-state index contributed by atoms with van der Waals surface area (Å²) in [5.41, 5.74) is 2.76. The summed E-state index contributed by atoms with van der Waals surface area (Å²) in [7, 11) is 0. The maximum absolute atomic E-state index is 10.7. The van der Waals surface area contributed by atoms with Gasteiger partial charge in [0.2, 0.25) is 0 Å². The molecule has 150 valence electrons. The molecule has 6 nitrogen and oxygen atoms in total. The van der Waals surface area contributed by atoms with Crippen molar-refractivity contribution >= 4 is 23.0 Å². The standard InChI is InChI=1S/C22H21ClN2O4/c1-2-28-22-13-16(14-24-18-8-10-19(11-9-18)25(26)27)7-12-21(22)29-15-17-5-3-4-6-20(17)23/h3-13,24H,2,14-15H2,1H3. The van der Waals surface area contributed by atoms with Crippen LogP contribution in [-0.4, -0.2) is 11.5 Å². The normalized spacial score (nSPS) is 10.4. The largest absolute Gasteiger partial charge is 0.490 e. The van der Waals surface area contributed by atoms with E-state index in [1.165, 1.54) is 12.1 Å². The van der Waals surface area contributed by atoms with Crippen LogP contribution in [0.2, 0.25) is 5.02 Å². The molecular formula is C22H21ClN2O4.